The summed E-state index contributed by atoms with van der Waals surface area (Å²) >= 11 is 1.69. The summed E-state index contributed by atoms with van der Waals surface area (Å²) in [6.07, 6.45) is 3.29. The Balaban J connectivity index is 1.61. The normalized spacial score (nSPS) is 11.7. The van der Waals surface area contributed by atoms with Crippen LogP contribution in [0.2, 0.25) is 0 Å². The van der Waals surface area contributed by atoms with Crippen molar-refractivity contribution in [1.82, 2.24) is 29.5 Å². The summed E-state index contributed by atoms with van der Waals surface area (Å²) in [6, 6.07) is 19.1. The second-order valence-electron chi connectivity index (χ2n) is 8.21. The number of benzene rings is 2. The van der Waals surface area contributed by atoms with Crippen LogP contribution in [0.1, 0.15) is 31.9 Å². The number of aromatic nitrogens is 6. The first-order chi connectivity index (χ1) is 14.5. The van der Waals surface area contributed by atoms with Gasteiger partial charge >= 0.3 is 0 Å². The number of hydrogen-bond acceptors (Lipinski definition) is 5. The third kappa shape index (κ3) is 4.79. The zero-order valence-corrected chi connectivity index (χ0v) is 18.4. The van der Waals surface area contributed by atoms with Crippen molar-refractivity contribution in [2.24, 2.45) is 0 Å². The molecule has 2 aromatic carbocycles. The van der Waals surface area contributed by atoms with Crippen molar-refractivity contribution >= 4 is 11.8 Å². The van der Waals surface area contributed by atoms with E-state index in [0.717, 1.165) is 35.4 Å². The first-order valence-electron chi connectivity index (χ1n) is 10.0. The van der Waals surface area contributed by atoms with E-state index < -0.39 is 0 Å². The minimum atomic E-state index is 0.124. The highest BCUT2D eigenvalue weighted by Crippen LogP contribution is 2.28. The number of aryl methyl sites for hydroxylation is 1. The fraction of sp³-hybridized carbons (Fsp3) is 0.304. The Morgan fingerprint density at radius 1 is 0.933 bits per heavy atom. The molecule has 0 saturated carbocycles. The molecule has 4 rings (SSSR count). The summed E-state index contributed by atoms with van der Waals surface area (Å²) in [7, 11) is 0. The van der Waals surface area contributed by atoms with Gasteiger partial charge in [-0.1, -0.05) is 87.1 Å². The standard InChI is InChI=1S/C23H26N6S/c1-23(2,3)20-11-9-19(10-12-20)21-26-27-22(30-14-13-28-17-24-16-25-28)29(21)15-18-7-5-4-6-8-18/h4-12,16-17H,13-15H2,1-3H3. The molecule has 154 valence electrons. The van der Waals surface area contributed by atoms with Gasteiger partial charge in [-0.3, -0.25) is 9.25 Å². The Morgan fingerprint density at radius 2 is 1.70 bits per heavy atom. The Hall–Kier alpha value is -2.93. The van der Waals surface area contributed by atoms with E-state index in [-0.39, 0.29) is 5.41 Å². The molecule has 0 bridgehead atoms. The molecule has 0 radical (unpaired) electrons. The lowest BCUT2D eigenvalue weighted by Gasteiger charge is -2.19. The lowest BCUT2D eigenvalue weighted by molar-refractivity contribution is 0.590. The van der Waals surface area contributed by atoms with Crippen molar-refractivity contribution in [3.63, 3.8) is 0 Å². The van der Waals surface area contributed by atoms with Crippen LogP contribution in [0.3, 0.4) is 0 Å². The number of rotatable bonds is 7. The molecule has 4 aromatic rings. The molecule has 0 amide bonds. The quantitative estimate of drug-likeness (QED) is 0.408. The molecule has 6 nitrogen and oxygen atoms in total. The molecule has 0 aliphatic rings. The van der Waals surface area contributed by atoms with Gasteiger partial charge in [-0.25, -0.2) is 4.98 Å². The number of thioether (sulfide) groups is 1. The van der Waals surface area contributed by atoms with Crippen LogP contribution in [-0.4, -0.2) is 35.3 Å². The van der Waals surface area contributed by atoms with Gasteiger partial charge in [0, 0.05) is 11.3 Å². The maximum absolute atomic E-state index is 4.55. The zero-order chi connectivity index (χ0) is 21.0. The Morgan fingerprint density at radius 3 is 2.37 bits per heavy atom. The topological polar surface area (TPSA) is 61.4 Å². The largest absolute Gasteiger partial charge is 0.298 e. The fourth-order valence-electron chi connectivity index (χ4n) is 3.22. The summed E-state index contributed by atoms with van der Waals surface area (Å²) in [5.41, 5.74) is 3.74. The molecule has 0 aliphatic heterocycles. The minimum Gasteiger partial charge on any atom is -0.298 e. The predicted octanol–water partition coefficient (Wildman–Crippen LogP) is 4.67. The van der Waals surface area contributed by atoms with E-state index in [1.165, 1.54) is 11.1 Å². The van der Waals surface area contributed by atoms with Crippen LogP contribution < -0.4 is 0 Å². The van der Waals surface area contributed by atoms with E-state index in [1.54, 1.807) is 24.4 Å². The van der Waals surface area contributed by atoms with Crippen LogP contribution >= 0.6 is 11.8 Å². The van der Waals surface area contributed by atoms with Gasteiger partial charge in [-0.05, 0) is 16.5 Å². The summed E-state index contributed by atoms with van der Waals surface area (Å²) in [6.45, 7) is 8.19. The van der Waals surface area contributed by atoms with Crippen molar-refractivity contribution in [3.05, 3.63) is 78.4 Å². The van der Waals surface area contributed by atoms with Gasteiger partial charge in [-0.2, -0.15) is 5.10 Å². The summed E-state index contributed by atoms with van der Waals surface area (Å²) < 4.78 is 4.03. The Kier molecular flexibility index (Phi) is 5.99. The highest BCUT2D eigenvalue weighted by molar-refractivity contribution is 7.99. The molecule has 0 saturated heterocycles. The molecular formula is C23H26N6S. The van der Waals surface area contributed by atoms with Gasteiger partial charge in [0.15, 0.2) is 11.0 Å². The minimum absolute atomic E-state index is 0.124. The first-order valence-corrected chi connectivity index (χ1v) is 11.0. The van der Waals surface area contributed by atoms with Crippen LogP contribution in [0.4, 0.5) is 0 Å². The highest BCUT2D eigenvalue weighted by Gasteiger charge is 2.17. The van der Waals surface area contributed by atoms with Crippen molar-refractivity contribution in [3.8, 4) is 11.4 Å². The molecule has 0 N–H and O–H groups in total. The Bertz CT molecular complexity index is 1060. The molecule has 0 fully saturated rings. The fourth-order valence-corrected chi connectivity index (χ4v) is 4.08. The lowest BCUT2D eigenvalue weighted by atomic mass is 9.87. The van der Waals surface area contributed by atoms with Crippen molar-refractivity contribution in [2.75, 3.05) is 5.75 Å². The third-order valence-electron chi connectivity index (χ3n) is 4.93. The molecule has 2 aromatic heterocycles. The monoisotopic (exact) mass is 418 g/mol. The van der Waals surface area contributed by atoms with Gasteiger partial charge in [0.2, 0.25) is 0 Å². The van der Waals surface area contributed by atoms with Gasteiger partial charge in [-0.15, -0.1) is 10.2 Å². The first kappa shape index (κ1) is 20.3. The van der Waals surface area contributed by atoms with Crippen molar-refractivity contribution in [2.45, 2.75) is 44.4 Å². The molecule has 0 unspecified atom stereocenters. The van der Waals surface area contributed by atoms with Crippen LogP contribution in [0.25, 0.3) is 11.4 Å². The van der Waals surface area contributed by atoms with Gasteiger partial charge < -0.3 is 0 Å². The SMILES string of the molecule is CC(C)(C)c1ccc(-c2nnc(SCCn3cncn3)n2Cc2ccccc2)cc1. The number of nitrogens with zero attached hydrogens (tertiary/aromatic N) is 6. The predicted molar refractivity (Wildman–Crippen MR) is 120 cm³/mol. The summed E-state index contributed by atoms with van der Waals surface area (Å²) in [5, 5.41) is 14.1. The van der Waals surface area contributed by atoms with Crippen LogP contribution in [0.5, 0.6) is 0 Å². The van der Waals surface area contributed by atoms with Gasteiger partial charge in [0.05, 0.1) is 13.1 Å². The maximum Gasteiger partial charge on any atom is 0.191 e. The van der Waals surface area contributed by atoms with Crippen molar-refractivity contribution in [1.29, 1.82) is 0 Å². The van der Waals surface area contributed by atoms with E-state index in [9.17, 15) is 0 Å². The van der Waals surface area contributed by atoms with E-state index >= 15 is 0 Å². The molecular weight excluding hydrogens is 392 g/mol. The van der Waals surface area contributed by atoms with Crippen LogP contribution in [-0.2, 0) is 18.5 Å². The third-order valence-corrected chi connectivity index (χ3v) is 5.87. The second-order valence-corrected chi connectivity index (χ2v) is 9.27. The van der Waals surface area contributed by atoms with E-state index in [0.29, 0.717) is 0 Å². The smallest absolute Gasteiger partial charge is 0.191 e. The molecule has 0 atom stereocenters. The van der Waals surface area contributed by atoms with E-state index in [4.69, 9.17) is 0 Å². The van der Waals surface area contributed by atoms with Gasteiger partial charge in [0.1, 0.15) is 12.7 Å². The van der Waals surface area contributed by atoms with Crippen LogP contribution in [0.15, 0.2) is 72.4 Å². The average molecular weight is 419 g/mol. The van der Waals surface area contributed by atoms with E-state index in [2.05, 4.69) is 94.1 Å². The van der Waals surface area contributed by atoms with Gasteiger partial charge in [0.25, 0.3) is 0 Å². The number of hydrogen-bond donors (Lipinski definition) is 0. The molecule has 0 spiro atoms. The lowest BCUT2D eigenvalue weighted by Crippen LogP contribution is -2.10. The summed E-state index contributed by atoms with van der Waals surface area (Å²) in [5.74, 6) is 1.74. The maximum atomic E-state index is 4.55. The molecule has 2 heterocycles. The average Bonchev–Trinajstić information content (AvgIpc) is 3.39. The Labute approximate surface area is 181 Å². The highest BCUT2D eigenvalue weighted by atomic mass is 32.2. The van der Waals surface area contributed by atoms with E-state index in [1.807, 2.05) is 10.7 Å². The van der Waals surface area contributed by atoms with Crippen LogP contribution in [0, 0.1) is 0 Å². The second kappa shape index (κ2) is 8.83. The summed E-state index contributed by atoms with van der Waals surface area (Å²) in [4.78, 5) is 4.00. The molecule has 30 heavy (non-hydrogen) atoms. The zero-order valence-electron chi connectivity index (χ0n) is 17.6. The molecule has 0 aliphatic carbocycles. The molecule has 7 heteroatoms. The van der Waals surface area contributed by atoms with Crippen molar-refractivity contribution < 1.29 is 0 Å².